The monoisotopic (exact) mass is 294 g/mol. The van der Waals surface area contributed by atoms with E-state index in [-0.39, 0.29) is 6.04 Å². The number of rotatable bonds is 9. The van der Waals surface area contributed by atoms with Gasteiger partial charge in [0.1, 0.15) is 0 Å². The van der Waals surface area contributed by atoms with Crippen LogP contribution in [0.15, 0.2) is 12.5 Å². The van der Waals surface area contributed by atoms with Gasteiger partial charge >= 0.3 is 0 Å². The van der Waals surface area contributed by atoms with Crippen molar-refractivity contribution in [1.29, 1.82) is 0 Å². The van der Waals surface area contributed by atoms with Gasteiger partial charge in [-0.1, -0.05) is 27.7 Å². The maximum absolute atomic E-state index is 6.17. The van der Waals surface area contributed by atoms with E-state index in [1.54, 1.807) is 0 Å². The molecule has 0 aromatic carbocycles. The van der Waals surface area contributed by atoms with E-state index >= 15 is 0 Å². The Morgan fingerprint density at radius 2 is 1.81 bits per heavy atom. The maximum Gasteiger partial charge on any atom is 0.0951 e. The number of aromatic nitrogens is 2. The van der Waals surface area contributed by atoms with Crippen molar-refractivity contribution in [2.75, 3.05) is 13.1 Å². The van der Waals surface area contributed by atoms with Gasteiger partial charge in [0.15, 0.2) is 0 Å². The van der Waals surface area contributed by atoms with Gasteiger partial charge in [-0.05, 0) is 32.6 Å². The zero-order valence-electron chi connectivity index (χ0n) is 14.7. The second-order valence-corrected chi connectivity index (χ2v) is 6.63. The molecule has 0 saturated heterocycles. The summed E-state index contributed by atoms with van der Waals surface area (Å²) < 4.78 is 2.26. The second-order valence-electron chi connectivity index (χ2n) is 6.63. The van der Waals surface area contributed by atoms with Crippen molar-refractivity contribution < 1.29 is 0 Å². The molecule has 0 aliphatic carbocycles. The van der Waals surface area contributed by atoms with Crippen molar-refractivity contribution in [3.05, 3.63) is 18.2 Å². The Hall–Kier alpha value is -0.870. The minimum atomic E-state index is 0.252. The second kappa shape index (κ2) is 8.54. The molecule has 1 heterocycles. The Morgan fingerprint density at radius 3 is 2.24 bits per heavy atom. The highest BCUT2D eigenvalue weighted by Gasteiger charge is 2.28. The van der Waals surface area contributed by atoms with Gasteiger partial charge in [0.25, 0.3) is 0 Å². The van der Waals surface area contributed by atoms with E-state index in [1.807, 2.05) is 12.5 Å². The van der Waals surface area contributed by atoms with Gasteiger partial charge < -0.3 is 10.3 Å². The minimum Gasteiger partial charge on any atom is -0.331 e. The average Bonchev–Trinajstić information content (AvgIpc) is 2.89. The van der Waals surface area contributed by atoms with Crippen LogP contribution in [0.25, 0.3) is 0 Å². The van der Waals surface area contributed by atoms with Crippen LogP contribution in [0.4, 0.5) is 0 Å². The Labute approximate surface area is 130 Å². The fraction of sp³-hybridized carbons (Fsp3) is 0.824. The first kappa shape index (κ1) is 18.2. The zero-order valence-corrected chi connectivity index (χ0v) is 14.7. The summed E-state index contributed by atoms with van der Waals surface area (Å²) in [5, 5.41) is 0. The van der Waals surface area contributed by atoms with Crippen molar-refractivity contribution in [3.63, 3.8) is 0 Å². The molecule has 1 unspecified atom stereocenters. The number of imidazole rings is 1. The van der Waals surface area contributed by atoms with Gasteiger partial charge in [-0.3, -0.25) is 4.90 Å². The van der Waals surface area contributed by atoms with E-state index in [4.69, 9.17) is 5.73 Å². The summed E-state index contributed by atoms with van der Waals surface area (Å²) in [6, 6.07) is 1.25. The van der Waals surface area contributed by atoms with Crippen molar-refractivity contribution in [3.8, 4) is 0 Å². The SMILES string of the molecule is CCC(CC)N(CC(C)C)C(CN)c1cncn1C(C)C. The van der Waals surface area contributed by atoms with Crippen LogP contribution in [0.2, 0.25) is 0 Å². The van der Waals surface area contributed by atoms with Gasteiger partial charge in [0.2, 0.25) is 0 Å². The summed E-state index contributed by atoms with van der Waals surface area (Å²) in [6.07, 6.45) is 6.25. The fourth-order valence-electron chi connectivity index (χ4n) is 3.14. The van der Waals surface area contributed by atoms with Gasteiger partial charge in [0.05, 0.1) is 18.1 Å². The first-order valence-corrected chi connectivity index (χ1v) is 8.43. The minimum absolute atomic E-state index is 0.252. The predicted octanol–water partition coefficient (Wildman–Crippen LogP) is 3.61. The summed E-state index contributed by atoms with van der Waals surface area (Å²) in [5.74, 6) is 0.634. The molecule has 0 amide bonds. The first-order valence-electron chi connectivity index (χ1n) is 8.43. The highest BCUT2D eigenvalue weighted by molar-refractivity contribution is 5.08. The van der Waals surface area contributed by atoms with Crippen LogP contribution in [0, 0.1) is 5.92 Å². The summed E-state index contributed by atoms with van der Waals surface area (Å²) >= 11 is 0. The van der Waals surface area contributed by atoms with Crippen LogP contribution >= 0.6 is 0 Å². The van der Waals surface area contributed by atoms with Gasteiger partial charge in [-0.25, -0.2) is 4.98 Å². The van der Waals surface area contributed by atoms with Crippen molar-refractivity contribution in [2.45, 2.75) is 72.5 Å². The van der Waals surface area contributed by atoms with Crippen molar-refractivity contribution in [1.82, 2.24) is 14.5 Å². The van der Waals surface area contributed by atoms with Crippen molar-refractivity contribution in [2.24, 2.45) is 11.7 Å². The molecule has 0 saturated carbocycles. The molecular weight excluding hydrogens is 260 g/mol. The Morgan fingerprint density at radius 1 is 1.19 bits per heavy atom. The molecule has 0 bridgehead atoms. The Balaban J connectivity index is 3.13. The molecule has 2 N–H and O–H groups in total. The summed E-state index contributed by atoms with van der Waals surface area (Å²) in [6.45, 7) is 15.2. The summed E-state index contributed by atoms with van der Waals surface area (Å²) in [4.78, 5) is 6.96. The average molecular weight is 294 g/mol. The molecule has 1 rings (SSSR count). The first-order chi connectivity index (χ1) is 9.96. The molecule has 0 fully saturated rings. The predicted molar refractivity (Wildman–Crippen MR) is 90.3 cm³/mol. The van der Waals surface area contributed by atoms with E-state index < -0.39 is 0 Å². The normalized spacial score (nSPS) is 13.9. The van der Waals surface area contributed by atoms with Crippen LogP contribution in [-0.2, 0) is 0 Å². The molecule has 1 aromatic heterocycles. The van der Waals surface area contributed by atoms with E-state index in [9.17, 15) is 0 Å². The number of nitrogens with two attached hydrogens (primary N) is 1. The molecule has 1 aromatic rings. The lowest BCUT2D eigenvalue weighted by atomic mass is 10.0. The highest BCUT2D eigenvalue weighted by Crippen LogP contribution is 2.27. The van der Waals surface area contributed by atoms with Crippen LogP contribution in [-0.4, -0.2) is 33.6 Å². The molecule has 0 spiro atoms. The third kappa shape index (κ3) is 4.55. The van der Waals surface area contributed by atoms with E-state index in [2.05, 4.69) is 56.0 Å². The zero-order chi connectivity index (χ0) is 16.0. The van der Waals surface area contributed by atoms with Crippen LogP contribution < -0.4 is 5.73 Å². The molecule has 4 heteroatoms. The Bertz CT molecular complexity index is 393. The van der Waals surface area contributed by atoms with E-state index in [1.165, 1.54) is 5.69 Å². The third-order valence-electron chi connectivity index (χ3n) is 4.20. The fourth-order valence-corrected chi connectivity index (χ4v) is 3.14. The van der Waals surface area contributed by atoms with Crippen molar-refractivity contribution >= 4 is 0 Å². The number of nitrogens with zero attached hydrogens (tertiary/aromatic N) is 3. The van der Waals surface area contributed by atoms with Gasteiger partial charge in [-0.2, -0.15) is 0 Å². The molecule has 21 heavy (non-hydrogen) atoms. The maximum atomic E-state index is 6.17. The van der Waals surface area contributed by atoms with Crippen LogP contribution in [0.1, 0.15) is 72.2 Å². The molecular formula is C17H34N4. The van der Waals surface area contributed by atoms with E-state index in [0.717, 1.165) is 19.4 Å². The van der Waals surface area contributed by atoms with Crippen LogP contribution in [0.5, 0.6) is 0 Å². The summed E-state index contributed by atoms with van der Waals surface area (Å²) in [7, 11) is 0. The number of hydrogen-bond acceptors (Lipinski definition) is 3. The lowest BCUT2D eigenvalue weighted by Crippen LogP contribution is -2.43. The Kier molecular flexibility index (Phi) is 7.40. The molecule has 4 nitrogen and oxygen atoms in total. The molecule has 1 atom stereocenters. The number of hydrogen-bond donors (Lipinski definition) is 1. The van der Waals surface area contributed by atoms with Gasteiger partial charge in [0, 0.05) is 31.4 Å². The summed E-state index contributed by atoms with van der Waals surface area (Å²) in [5.41, 5.74) is 7.42. The third-order valence-corrected chi connectivity index (χ3v) is 4.20. The van der Waals surface area contributed by atoms with E-state index in [0.29, 0.717) is 24.5 Å². The lowest BCUT2D eigenvalue weighted by Gasteiger charge is -2.38. The van der Waals surface area contributed by atoms with Crippen LogP contribution in [0.3, 0.4) is 0 Å². The quantitative estimate of drug-likeness (QED) is 0.757. The molecule has 122 valence electrons. The molecule has 0 aliphatic heterocycles. The van der Waals surface area contributed by atoms with Gasteiger partial charge in [-0.15, -0.1) is 0 Å². The molecule has 0 radical (unpaired) electrons. The standard InChI is InChI=1S/C17H34N4/c1-7-15(8-2)20(11-13(3)4)16(9-18)17-10-19-12-21(17)14(5)6/h10,12-16H,7-9,11,18H2,1-6H3. The smallest absolute Gasteiger partial charge is 0.0951 e. The lowest BCUT2D eigenvalue weighted by molar-refractivity contribution is 0.107. The largest absolute Gasteiger partial charge is 0.331 e. The molecule has 0 aliphatic rings. The highest BCUT2D eigenvalue weighted by atomic mass is 15.2. The topological polar surface area (TPSA) is 47.1 Å².